The molecule has 0 N–H and O–H groups in total. The molecule has 0 aromatic carbocycles. The van der Waals surface area contributed by atoms with E-state index in [1.54, 1.807) is 0 Å². The average molecular weight is 232 g/mol. The third-order valence-corrected chi connectivity index (χ3v) is 6.47. The fourth-order valence-corrected chi connectivity index (χ4v) is 4.51. The molecule has 15 heavy (non-hydrogen) atoms. The zero-order valence-corrected chi connectivity index (χ0v) is 12.1. The van der Waals surface area contributed by atoms with E-state index in [2.05, 4.69) is 34.6 Å². The smallest absolute Gasteiger partial charge is 0.337 e. The summed E-state index contributed by atoms with van der Waals surface area (Å²) in [5.41, 5.74) is 0. The van der Waals surface area contributed by atoms with Crippen molar-refractivity contribution in [3.05, 3.63) is 0 Å². The molecule has 0 aromatic heterocycles. The maximum absolute atomic E-state index is 6.20. The van der Waals surface area contributed by atoms with Crippen LogP contribution in [0, 0.1) is 0 Å². The first-order chi connectivity index (χ1) is 7.14. The Hall–Kier alpha value is 0.137. The molecule has 0 saturated heterocycles. The minimum atomic E-state index is -1.86. The van der Waals surface area contributed by atoms with Gasteiger partial charge in [0.05, 0.1) is 0 Å². The Morgan fingerprint density at radius 3 is 2.00 bits per heavy atom. The van der Waals surface area contributed by atoms with E-state index in [0.29, 0.717) is 6.10 Å². The molecule has 3 heteroatoms. The van der Waals surface area contributed by atoms with Crippen LogP contribution in [0.1, 0.15) is 53.9 Å². The summed E-state index contributed by atoms with van der Waals surface area (Å²) in [6.45, 7) is 11.8. The maximum atomic E-state index is 6.20. The predicted octanol–water partition coefficient (Wildman–Crippen LogP) is 4.10. The van der Waals surface area contributed by atoms with Gasteiger partial charge < -0.3 is 8.85 Å². The van der Waals surface area contributed by atoms with Gasteiger partial charge in [0.2, 0.25) is 0 Å². The van der Waals surface area contributed by atoms with Gasteiger partial charge in [-0.3, -0.25) is 0 Å². The van der Waals surface area contributed by atoms with Gasteiger partial charge in [0.1, 0.15) is 0 Å². The average Bonchev–Trinajstić information content (AvgIpc) is 2.25. The summed E-state index contributed by atoms with van der Waals surface area (Å²) in [6.07, 6.45) is 3.77. The highest BCUT2D eigenvalue weighted by Crippen LogP contribution is 2.22. The second-order valence-electron chi connectivity index (χ2n) is 4.18. The van der Waals surface area contributed by atoms with Crippen LogP contribution in [0.4, 0.5) is 0 Å². The molecule has 1 unspecified atom stereocenters. The van der Waals surface area contributed by atoms with Crippen LogP contribution in [0.5, 0.6) is 0 Å². The highest BCUT2D eigenvalue weighted by atomic mass is 28.4. The summed E-state index contributed by atoms with van der Waals surface area (Å²) in [5.74, 6) is 0. The van der Waals surface area contributed by atoms with Gasteiger partial charge in [0.15, 0.2) is 0 Å². The minimum absolute atomic E-state index is 0.360. The molecule has 0 rings (SSSR count). The largest absolute Gasteiger partial charge is 0.394 e. The van der Waals surface area contributed by atoms with Crippen LogP contribution in [0.15, 0.2) is 0 Å². The fourth-order valence-electron chi connectivity index (χ4n) is 1.77. The molecule has 0 aliphatic carbocycles. The molecule has 1 atom stereocenters. The molecule has 0 saturated carbocycles. The lowest BCUT2D eigenvalue weighted by Crippen LogP contribution is -2.43. The zero-order chi connectivity index (χ0) is 11.7. The Morgan fingerprint density at radius 2 is 1.60 bits per heavy atom. The summed E-state index contributed by atoms with van der Waals surface area (Å²) in [5, 5.41) is 0. The van der Waals surface area contributed by atoms with E-state index in [4.69, 9.17) is 8.85 Å². The standard InChI is InChI=1S/C12H28O2Si/c1-6-10-12(5)14-15(8-3,9-4)13-11-7-2/h12H,6-11H2,1-5H3. The predicted molar refractivity (Wildman–Crippen MR) is 68.4 cm³/mol. The van der Waals surface area contributed by atoms with Crippen LogP contribution < -0.4 is 0 Å². The lowest BCUT2D eigenvalue weighted by atomic mass is 10.2. The Morgan fingerprint density at radius 1 is 1.00 bits per heavy atom. The van der Waals surface area contributed by atoms with E-state index in [1.807, 2.05) is 0 Å². The molecule has 0 aliphatic rings. The lowest BCUT2D eigenvalue weighted by molar-refractivity contribution is 0.117. The van der Waals surface area contributed by atoms with E-state index in [1.165, 1.54) is 6.42 Å². The SMILES string of the molecule is CCCO[Si](CC)(CC)OC(C)CCC. The van der Waals surface area contributed by atoms with Crippen molar-refractivity contribution in [1.82, 2.24) is 0 Å². The molecule has 92 valence electrons. The Balaban J connectivity index is 4.21. The number of hydrogen-bond acceptors (Lipinski definition) is 2. The Kier molecular flexibility index (Phi) is 8.38. The van der Waals surface area contributed by atoms with Gasteiger partial charge in [-0.15, -0.1) is 0 Å². The molecule has 0 aliphatic heterocycles. The molecular formula is C12H28O2Si. The summed E-state index contributed by atoms with van der Waals surface area (Å²) >= 11 is 0. The van der Waals surface area contributed by atoms with Crippen molar-refractivity contribution in [2.75, 3.05) is 6.61 Å². The van der Waals surface area contributed by atoms with Gasteiger partial charge in [-0.25, -0.2) is 0 Å². The van der Waals surface area contributed by atoms with Crippen LogP contribution in [-0.2, 0) is 8.85 Å². The van der Waals surface area contributed by atoms with Gasteiger partial charge in [-0.1, -0.05) is 34.1 Å². The molecule has 0 fully saturated rings. The first-order valence-electron chi connectivity index (χ1n) is 6.45. The summed E-state index contributed by atoms with van der Waals surface area (Å²) < 4.78 is 12.2. The summed E-state index contributed by atoms with van der Waals surface area (Å²) in [4.78, 5) is 0. The van der Waals surface area contributed by atoms with E-state index < -0.39 is 8.56 Å². The van der Waals surface area contributed by atoms with Gasteiger partial charge in [-0.2, -0.15) is 0 Å². The van der Waals surface area contributed by atoms with Gasteiger partial charge in [0, 0.05) is 12.7 Å². The molecule has 0 bridgehead atoms. The Labute approximate surface area is 96.6 Å². The van der Waals surface area contributed by atoms with Crippen molar-refractivity contribution in [1.29, 1.82) is 0 Å². The normalized spacial score (nSPS) is 14.2. The Bertz CT molecular complexity index is 147. The van der Waals surface area contributed by atoms with Crippen LogP contribution in [0.3, 0.4) is 0 Å². The van der Waals surface area contributed by atoms with Gasteiger partial charge in [-0.05, 0) is 31.9 Å². The minimum Gasteiger partial charge on any atom is -0.394 e. The molecule has 0 aromatic rings. The van der Waals surface area contributed by atoms with Crippen LogP contribution in [0.25, 0.3) is 0 Å². The van der Waals surface area contributed by atoms with Gasteiger partial charge >= 0.3 is 8.56 Å². The third-order valence-electron chi connectivity index (χ3n) is 2.76. The molecule has 0 amide bonds. The molecule has 0 heterocycles. The monoisotopic (exact) mass is 232 g/mol. The van der Waals surface area contributed by atoms with Crippen LogP contribution in [0.2, 0.25) is 12.1 Å². The first kappa shape index (κ1) is 15.1. The van der Waals surface area contributed by atoms with Crippen molar-refractivity contribution in [2.24, 2.45) is 0 Å². The van der Waals surface area contributed by atoms with E-state index in [9.17, 15) is 0 Å². The van der Waals surface area contributed by atoms with E-state index >= 15 is 0 Å². The van der Waals surface area contributed by atoms with E-state index in [-0.39, 0.29) is 0 Å². The highest BCUT2D eigenvalue weighted by Gasteiger charge is 2.34. The summed E-state index contributed by atoms with van der Waals surface area (Å²) in [7, 11) is -1.86. The van der Waals surface area contributed by atoms with E-state index in [0.717, 1.165) is 31.5 Å². The molecular weight excluding hydrogens is 204 g/mol. The van der Waals surface area contributed by atoms with Crippen molar-refractivity contribution < 1.29 is 8.85 Å². The van der Waals surface area contributed by atoms with Crippen molar-refractivity contribution in [3.8, 4) is 0 Å². The molecule has 0 radical (unpaired) electrons. The fraction of sp³-hybridized carbons (Fsp3) is 1.00. The number of hydrogen-bond donors (Lipinski definition) is 0. The third kappa shape index (κ3) is 5.69. The van der Waals surface area contributed by atoms with Crippen LogP contribution in [-0.4, -0.2) is 21.3 Å². The quantitative estimate of drug-likeness (QED) is 0.557. The van der Waals surface area contributed by atoms with Gasteiger partial charge in [0.25, 0.3) is 0 Å². The lowest BCUT2D eigenvalue weighted by Gasteiger charge is -2.31. The zero-order valence-electron chi connectivity index (χ0n) is 11.1. The van der Waals surface area contributed by atoms with Crippen LogP contribution >= 0.6 is 0 Å². The first-order valence-corrected chi connectivity index (χ1v) is 8.68. The molecule has 2 nitrogen and oxygen atoms in total. The van der Waals surface area contributed by atoms with Crippen molar-refractivity contribution >= 4 is 8.56 Å². The second-order valence-corrected chi connectivity index (χ2v) is 7.94. The maximum Gasteiger partial charge on any atom is 0.337 e. The second kappa shape index (κ2) is 8.31. The number of rotatable bonds is 9. The summed E-state index contributed by atoms with van der Waals surface area (Å²) in [6, 6.07) is 2.13. The molecule has 0 spiro atoms. The topological polar surface area (TPSA) is 18.5 Å². The van der Waals surface area contributed by atoms with Crippen molar-refractivity contribution in [2.45, 2.75) is 72.1 Å². The van der Waals surface area contributed by atoms with Crippen molar-refractivity contribution in [3.63, 3.8) is 0 Å². The highest BCUT2D eigenvalue weighted by molar-refractivity contribution is 6.67.